The van der Waals surface area contributed by atoms with Crippen molar-refractivity contribution < 1.29 is 7.48 Å². The molecule has 0 fully saturated rings. The van der Waals surface area contributed by atoms with Gasteiger partial charge in [0.05, 0.1) is 5.52 Å². The quantitative estimate of drug-likeness (QED) is 0.819. The molecule has 0 atom stereocenters. The number of H-pyrrole nitrogens is 1. The van der Waals surface area contributed by atoms with Gasteiger partial charge in [-0.2, -0.15) is 0 Å². The number of aromatic nitrogens is 1. The van der Waals surface area contributed by atoms with E-state index in [0.29, 0.717) is 16.8 Å². The van der Waals surface area contributed by atoms with E-state index in [0.717, 1.165) is 5.56 Å². The predicted molar refractivity (Wildman–Crippen MR) is 56.2 cm³/mol. The molecule has 0 aliphatic carbocycles. The Balaban J connectivity index is 2.83. The number of hydrogen-bond donors (Lipinski definition) is 1. The molecule has 0 aliphatic rings. The van der Waals surface area contributed by atoms with Crippen molar-refractivity contribution in [3.8, 4) is 5.75 Å². The molecule has 5 heteroatoms. The zero-order valence-electron chi connectivity index (χ0n) is 6.76. The summed E-state index contributed by atoms with van der Waals surface area (Å²) in [5.74, 6) is 0.256. The third-order valence-electron chi connectivity index (χ3n) is 1.77. The first-order chi connectivity index (χ1) is 6.20. The Morgan fingerprint density at radius 2 is 2.31 bits per heavy atom. The van der Waals surface area contributed by atoms with Gasteiger partial charge in [-0.15, -0.1) is 0 Å². The second-order valence-corrected chi connectivity index (χ2v) is 3.15. The highest BCUT2D eigenvalue weighted by molar-refractivity contribution is 14.1. The third kappa shape index (κ3) is 1.43. The zero-order chi connectivity index (χ0) is 9.42. The lowest BCUT2D eigenvalue weighted by molar-refractivity contribution is 0.553. The van der Waals surface area contributed by atoms with Crippen molar-refractivity contribution in [2.75, 3.05) is 0 Å². The second-order valence-electron chi connectivity index (χ2n) is 2.71. The van der Waals surface area contributed by atoms with Gasteiger partial charge in [-0.1, -0.05) is 0 Å². The highest BCUT2D eigenvalue weighted by atomic mass is 127. The van der Waals surface area contributed by atoms with E-state index in [4.69, 9.17) is 7.48 Å². The van der Waals surface area contributed by atoms with E-state index in [2.05, 4.69) is 4.98 Å². The molecule has 2 rings (SSSR count). The lowest BCUT2D eigenvalue weighted by Gasteiger charge is -1.98. The van der Waals surface area contributed by atoms with Crippen molar-refractivity contribution in [2.24, 2.45) is 0 Å². The van der Waals surface area contributed by atoms with Crippen molar-refractivity contribution in [2.45, 2.75) is 6.92 Å². The summed E-state index contributed by atoms with van der Waals surface area (Å²) >= 11 is 1.79. The minimum absolute atomic E-state index is 0.441. The smallest absolute Gasteiger partial charge is 0.417 e. The van der Waals surface area contributed by atoms with Gasteiger partial charge >= 0.3 is 5.76 Å². The van der Waals surface area contributed by atoms with E-state index in [-0.39, 0.29) is 0 Å². The Kier molecular flexibility index (Phi) is 2.03. The van der Waals surface area contributed by atoms with Crippen molar-refractivity contribution in [3.05, 3.63) is 28.2 Å². The van der Waals surface area contributed by atoms with Gasteiger partial charge in [0.2, 0.25) is 0 Å². The monoisotopic (exact) mass is 291 g/mol. The molecule has 68 valence electrons. The number of rotatable bonds is 1. The molecule has 13 heavy (non-hydrogen) atoms. The number of halogens is 1. The molecule has 0 radical (unpaired) electrons. The summed E-state index contributed by atoms with van der Waals surface area (Å²) in [6.45, 7) is 1.86. The minimum Gasteiger partial charge on any atom is -0.428 e. The number of benzene rings is 1. The number of oxazole rings is 1. The maximum Gasteiger partial charge on any atom is 0.417 e. The van der Waals surface area contributed by atoms with Gasteiger partial charge < -0.3 is 7.48 Å². The molecular weight excluding hydrogens is 285 g/mol. The topological polar surface area (TPSA) is 55.2 Å². The van der Waals surface area contributed by atoms with Gasteiger partial charge in [0, 0.05) is 6.07 Å². The Morgan fingerprint density at radius 1 is 1.54 bits per heavy atom. The van der Waals surface area contributed by atoms with Gasteiger partial charge in [-0.3, -0.25) is 4.98 Å². The molecule has 1 aromatic carbocycles. The molecule has 2 aromatic rings. The van der Waals surface area contributed by atoms with Crippen LogP contribution in [-0.2, 0) is 0 Å². The van der Waals surface area contributed by atoms with E-state index in [1.54, 1.807) is 29.1 Å². The van der Waals surface area contributed by atoms with Crippen molar-refractivity contribution in [1.82, 2.24) is 4.98 Å². The van der Waals surface area contributed by atoms with Crippen LogP contribution in [0.5, 0.6) is 5.75 Å². The Hall–Kier alpha value is -0.980. The van der Waals surface area contributed by atoms with Crippen LogP contribution in [0.2, 0.25) is 0 Å². The molecule has 0 aliphatic heterocycles. The molecule has 0 unspecified atom stereocenters. The van der Waals surface area contributed by atoms with Gasteiger partial charge in [-0.05, 0) is 18.6 Å². The standard InChI is InChI=1S/C8H6INO3/c1-4-2-5(13-9)3-6-7(4)12-8(11)10-6/h2-3H,1H3,(H,10,11). The maximum absolute atomic E-state index is 10.9. The zero-order valence-corrected chi connectivity index (χ0v) is 8.91. The summed E-state index contributed by atoms with van der Waals surface area (Å²) in [5.41, 5.74) is 2.13. The van der Waals surface area contributed by atoms with E-state index in [1.807, 2.05) is 13.0 Å². The average Bonchev–Trinajstić information content (AvgIpc) is 2.46. The Morgan fingerprint density at radius 3 is 3.00 bits per heavy atom. The fourth-order valence-electron chi connectivity index (χ4n) is 1.24. The SMILES string of the molecule is Cc1cc(OI)cc2[nH]c(=O)oc12. The average molecular weight is 291 g/mol. The first-order valence-electron chi connectivity index (χ1n) is 3.63. The second kappa shape index (κ2) is 3.06. The minimum atomic E-state index is -0.441. The fraction of sp³-hybridized carbons (Fsp3) is 0.125. The Labute approximate surface area is 87.6 Å². The summed E-state index contributed by atoms with van der Waals surface area (Å²) in [6.07, 6.45) is 0. The molecule has 1 aromatic heterocycles. The number of nitrogens with one attached hydrogen (secondary N) is 1. The van der Waals surface area contributed by atoms with E-state index >= 15 is 0 Å². The summed E-state index contributed by atoms with van der Waals surface area (Å²) in [4.78, 5) is 13.4. The first kappa shape index (κ1) is 8.61. The summed E-state index contributed by atoms with van der Waals surface area (Å²) < 4.78 is 9.95. The van der Waals surface area contributed by atoms with Crippen LogP contribution >= 0.6 is 23.0 Å². The molecular formula is C8H6INO3. The van der Waals surface area contributed by atoms with Gasteiger partial charge in [0.1, 0.15) is 5.75 Å². The molecule has 0 spiro atoms. The lowest BCUT2D eigenvalue weighted by Crippen LogP contribution is -1.92. The van der Waals surface area contributed by atoms with Crippen LogP contribution in [-0.4, -0.2) is 4.98 Å². The largest absolute Gasteiger partial charge is 0.428 e. The van der Waals surface area contributed by atoms with E-state index < -0.39 is 5.76 Å². The van der Waals surface area contributed by atoms with E-state index in [9.17, 15) is 4.79 Å². The fourth-order valence-corrected chi connectivity index (χ4v) is 1.50. The van der Waals surface area contributed by atoms with Crippen LogP contribution in [0.25, 0.3) is 11.1 Å². The van der Waals surface area contributed by atoms with Crippen molar-refractivity contribution in [3.63, 3.8) is 0 Å². The highest BCUT2D eigenvalue weighted by Gasteiger charge is 2.06. The van der Waals surface area contributed by atoms with Crippen LogP contribution in [0.15, 0.2) is 21.3 Å². The highest BCUT2D eigenvalue weighted by Crippen LogP contribution is 2.23. The van der Waals surface area contributed by atoms with Gasteiger partial charge in [0.15, 0.2) is 28.6 Å². The van der Waals surface area contributed by atoms with Crippen molar-refractivity contribution in [1.29, 1.82) is 0 Å². The van der Waals surface area contributed by atoms with Crippen LogP contribution in [0, 0.1) is 6.92 Å². The van der Waals surface area contributed by atoms with Gasteiger partial charge in [-0.25, -0.2) is 4.79 Å². The number of hydrogen-bond acceptors (Lipinski definition) is 3. The molecule has 0 amide bonds. The Bertz CT molecular complexity index is 500. The molecule has 0 saturated heterocycles. The van der Waals surface area contributed by atoms with E-state index in [1.165, 1.54) is 0 Å². The molecule has 0 saturated carbocycles. The molecule has 0 bridgehead atoms. The third-order valence-corrected chi connectivity index (χ3v) is 2.28. The van der Waals surface area contributed by atoms with Crippen LogP contribution < -0.4 is 8.82 Å². The lowest BCUT2D eigenvalue weighted by atomic mass is 10.2. The molecule has 4 nitrogen and oxygen atoms in total. The first-order valence-corrected chi connectivity index (χ1v) is 4.51. The van der Waals surface area contributed by atoms with Crippen LogP contribution in [0.4, 0.5) is 0 Å². The number of fused-ring (bicyclic) bond motifs is 1. The number of aromatic amines is 1. The van der Waals surface area contributed by atoms with Gasteiger partial charge in [0.25, 0.3) is 0 Å². The number of aryl methyl sites for hydroxylation is 1. The van der Waals surface area contributed by atoms with Crippen LogP contribution in [0.1, 0.15) is 5.56 Å². The summed E-state index contributed by atoms with van der Waals surface area (Å²) in [6, 6.07) is 3.53. The predicted octanol–water partition coefficient (Wildman–Crippen LogP) is 2.16. The summed E-state index contributed by atoms with van der Waals surface area (Å²) in [7, 11) is 0. The maximum atomic E-state index is 10.9. The summed E-state index contributed by atoms with van der Waals surface area (Å²) in [5, 5.41) is 0. The van der Waals surface area contributed by atoms with Crippen molar-refractivity contribution >= 4 is 34.1 Å². The molecule has 1 N–H and O–H groups in total. The normalized spacial score (nSPS) is 10.6. The molecule has 1 heterocycles. The van der Waals surface area contributed by atoms with Crippen LogP contribution in [0.3, 0.4) is 0 Å².